The molecule has 23 heavy (non-hydrogen) atoms. The number of hydrogen-bond donors (Lipinski definition) is 1. The summed E-state index contributed by atoms with van der Waals surface area (Å²) in [5, 5.41) is 13.7. The highest BCUT2D eigenvalue weighted by Crippen LogP contribution is 2.39. The van der Waals surface area contributed by atoms with E-state index in [1.807, 2.05) is 12.1 Å². The summed E-state index contributed by atoms with van der Waals surface area (Å²) >= 11 is 1.79. The van der Waals surface area contributed by atoms with Crippen molar-refractivity contribution < 1.29 is 0 Å². The Bertz CT molecular complexity index is 1290. The van der Waals surface area contributed by atoms with E-state index in [-0.39, 0.29) is 0 Å². The highest BCUT2D eigenvalue weighted by atomic mass is 32.1. The summed E-state index contributed by atoms with van der Waals surface area (Å²) in [6, 6.07) is 21.0. The molecule has 0 bridgehead atoms. The Kier molecular flexibility index (Phi) is 2.48. The van der Waals surface area contributed by atoms with Gasteiger partial charge in [-0.3, -0.25) is 0 Å². The van der Waals surface area contributed by atoms with Crippen LogP contribution in [0.5, 0.6) is 0 Å². The minimum absolute atomic E-state index is 0.601. The van der Waals surface area contributed by atoms with Crippen LogP contribution in [0.4, 0.5) is 0 Å². The van der Waals surface area contributed by atoms with Gasteiger partial charge < -0.3 is 9.98 Å². The highest BCUT2D eigenvalue weighted by molar-refractivity contribution is 7.25. The molecule has 5 rings (SSSR count). The lowest BCUT2D eigenvalue weighted by atomic mass is 10.0. The van der Waals surface area contributed by atoms with Gasteiger partial charge in [0.05, 0.1) is 10.9 Å². The van der Waals surface area contributed by atoms with E-state index < -0.39 is 0 Å². The molecule has 0 aliphatic heterocycles. The maximum absolute atomic E-state index is 8.35. The number of nitrogens with one attached hydrogen (secondary N) is 1. The molecule has 0 aliphatic carbocycles. The Balaban J connectivity index is 2.27. The normalized spacial score (nSPS) is 11.9. The number of benzene rings is 3. The summed E-state index contributed by atoms with van der Waals surface area (Å²) in [4.78, 5) is 0. The van der Waals surface area contributed by atoms with Crippen molar-refractivity contribution in [2.75, 3.05) is 0 Å². The highest BCUT2D eigenvalue weighted by Gasteiger charge is 2.13. The van der Waals surface area contributed by atoms with Crippen molar-refractivity contribution >= 4 is 53.3 Å². The first kappa shape index (κ1) is 12.9. The number of rotatable bonds is 0. The standard InChI is InChI=1S/C20H14N2S/c1-22-15-9-3-2-6-12(15)20-19-13(7-4-10-16(19)22)18-14(21)8-5-11-17(18)23-20/h2-11,21H,1H3. The van der Waals surface area contributed by atoms with Crippen LogP contribution in [0.25, 0.3) is 42.0 Å². The molecule has 0 atom stereocenters. The van der Waals surface area contributed by atoms with Gasteiger partial charge in [0.25, 0.3) is 0 Å². The van der Waals surface area contributed by atoms with E-state index in [1.165, 1.54) is 36.6 Å². The van der Waals surface area contributed by atoms with Crippen molar-refractivity contribution in [2.24, 2.45) is 7.05 Å². The molecule has 0 radical (unpaired) electrons. The maximum Gasteiger partial charge on any atom is 0.0632 e. The van der Waals surface area contributed by atoms with Crippen LogP contribution in [0.1, 0.15) is 0 Å². The lowest BCUT2D eigenvalue weighted by Gasteiger charge is -2.16. The Morgan fingerprint density at radius 3 is 2.43 bits per heavy atom. The first-order valence-electron chi connectivity index (χ1n) is 7.62. The molecular formula is C20H14N2S. The number of pyridine rings is 1. The zero-order chi connectivity index (χ0) is 15.6. The minimum atomic E-state index is 0.601. The molecule has 0 fully saturated rings. The summed E-state index contributed by atoms with van der Waals surface area (Å²) < 4.78 is 4.74. The van der Waals surface area contributed by atoms with Gasteiger partial charge >= 0.3 is 0 Å². The van der Waals surface area contributed by atoms with Crippen molar-refractivity contribution in [1.82, 2.24) is 4.57 Å². The van der Waals surface area contributed by atoms with Gasteiger partial charge in [-0.25, -0.2) is 0 Å². The first-order chi connectivity index (χ1) is 11.3. The smallest absolute Gasteiger partial charge is 0.0632 e. The van der Waals surface area contributed by atoms with Crippen molar-refractivity contribution in [2.45, 2.75) is 0 Å². The van der Waals surface area contributed by atoms with Gasteiger partial charge in [0.2, 0.25) is 0 Å². The van der Waals surface area contributed by atoms with E-state index >= 15 is 0 Å². The van der Waals surface area contributed by atoms with Crippen LogP contribution in [0, 0.1) is 5.41 Å². The van der Waals surface area contributed by atoms with Gasteiger partial charge in [-0.2, -0.15) is 0 Å². The van der Waals surface area contributed by atoms with Crippen LogP contribution in [0.2, 0.25) is 0 Å². The third-order valence-electron chi connectivity index (χ3n) is 4.65. The Morgan fingerprint density at radius 2 is 1.52 bits per heavy atom. The molecular weight excluding hydrogens is 300 g/mol. The van der Waals surface area contributed by atoms with Gasteiger partial charge in [0, 0.05) is 38.1 Å². The topological polar surface area (TPSA) is 28.8 Å². The third kappa shape index (κ3) is 1.60. The van der Waals surface area contributed by atoms with Gasteiger partial charge in [0.15, 0.2) is 0 Å². The van der Waals surface area contributed by atoms with E-state index in [9.17, 15) is 0 Å². The Morgan fingerprint density at radius 1 is 0.783 bits per heavy atom. The van der Waals surface area contributed by atoms with Crippen molar-refractivity contribution in [3.05, 3.63) is 66.0 Å². The quantitative estimate of drug-likeness (QED) is 0.301. The molecule has 110 valence electrons. The lowest BCUT2D eigenvalue weighted by Crippen LogP contribution is -2.01. The molecule has 3 heteroatoms. The lowest BCUT2D eigenvalue weighted by molar-refractivity contribution is 1.01. The number of para-hydroxylation sites is 1. The molecule has 2 aromatic heterocycles. The van der Waals surface area contributed by atoms with E-state index in [0.29, 0.717) is 5.36 Å². The molecule has 2 nitrogen and oxygen atoms in total. The first-order valence-corrected chi connectivity index (χ1v) is 8.43. The van der Waals surface area contributed by atoms with Gasteiger partial charge in [-0.1, -0.05) is 36.4 Å². The third-order valence-corrected chi connectivity index (χ3v) is 5.84. The summed E-state index contributed by atoms with van der Waals surface area (Å²) in [6.07, 6.45) is 0. The second-order valence-electron chi connectivity index (χ2n) is 5.89. The number of nitrogens with zero attached hydrogens (tertiary/aromatic N) is 1. The molecule has 5 aromatic rings. The molecule has 0 aliphatic rings. The average molecular weight is 314 g/mol. The second-order valence-corrected chi connectivity index (χ2v) is 6.94. The van der Waals surface area contributed by atoms with E-state index in [0.717, 1.165) is 5.39 Å². The molecule has 0 unspecified atom stereocenters. The number of fused-ring (bicyclic) bond motifs is 4. The summed E-state index contributed by atoms with van der Waals surface area (Å²) in [6.45, 7) is 0. The van der Waals surface area contributed by atoms with Crippen LogP contribution in [0.15, 0.2) is 60.7 Å². The Labute approximate surface area is 136 Å². The molecule has 2 heterocycles. The fourth-order valence-electron chi connectivity index (χ4n) is 3.60. The molecule has 0 saturated carbocycles. The zero-order valence-corrected chi connectivity index (χ0v) is 13.4. The van der Waals surface area contributed by atoms with Crippen LogP contribution in [0.3, 0.4) is 0 Å². The summed E-state index contributed by atoms with van der Waals surface area (Å²) in [5.74, 6) is 0. The molecule has 0 saturated heterocycles. The molecule has 3 aromatic carbocycles. The summed E-state index contributed by atoms with van der Waals surface area (Å²) in [5.41, 5.74) is 2.46. The van der Waals surface area contributed by atoms with Crippen molar-refractivity contribution in [3.63, 3.8) is 0 Å². The minimum Gasteiger partial charge on any atom is -0.344 e. The predicted octanol–water partition coefficient (Wildman–Crippen LogP) is 5.18. The van der Waals surface area contributed by atoms with Crippen LogP contribution in [-0.2, 0) is 7.05 Å². The average Bonchev–Trinajstić information content (AvgIpc) is 2.59. The monoisotopic (exact) mass is 314 g/mol. The van der Waals surface area contributed by atoms with Crippen molar-refractivity contribution in [1.29, 1.82) is 5.41 Å². The van der Waals surface area contributed by atoms with Gasteiger partial charge in [-0.15, -0.1) is 11.3 Å². The number of aromatic nitrogens is 1. The van der Waals surface area contributed by atoms with E-state index in [2.05, 4.69) is 60.1 Å². The van der Waals surface area contributed by atoms with Crippen LogP contribution in [-0.4, -0.2) is 4.57 Å². The second kappa shape index (κ2) is 4.43. The number of aryl methyl sites for hydroxylation is 1. The SMILES string of the molecule is Cn1c2ccccc2c2sc3cccc(=N)c3c3cccc1c32. The van der Waals surface area contributed by atoms with Gasteiger partial charge in [-0.05, 0) is 29.7 Å². The van der Waals surface area contributed by atoms with Crippen LogP contribution >= 0.6 is 11.3 Å². The van der Waals surface area contributed by atoms with E-state index in [1.54, 1.807) is 11.3 Å². The largest absolute Gasteiger partial charge is 0.344 e. The maximum atomic E-state index is 8.35. The molecule has 0 amide bonds. The molecule has 0 spiro atoms. The van der Waals surface area contributed by atoms with E-state index in [4.69, 9.17) is 5.41 Å². The predicted molar refractivity (Wildman–Crippen MR) is 99.2 cm³/mol. The summed E-state index contributed by atoms with van der Waals surface area (Å²) in [7, 11) is 2.12. The fraction of sp³-hybridized carbons (Fsp3) is 0.0500. The Hall–Kier alpha value is -2.65. The van der Waals surface area contributed by atoms with Gasteiger partial charge in [0.1, 0.15) is 0 Å². The fourth-order valence-corrected chi connectivity index (χ4v) is 4.89. The molecule has 1 N–H and O–H groups in total. The van der Waals surface area contributed by atoms with Crippen LogP contribution < -0.4 is 5.36 Å². The number of hydrogen-bond acceptors (Lipinski definition) is 2. The zero-order valence-electron chi connectivity index (χ0n) is 12.6. The van der Waals surface area contributed by atoms with Crippen molar-refractivity contribution in [3.8, 4) is 0 Å².